The molecule has 3 rings (SSSR count). The molecule has 8 heteroatoms. The minimum absolute atomic E-state index is 0.00169. The van der Waals surface area contributed by atoms with E-state index in [1.165, 1.54) is 25.3 Å². The van der Waals surface area contributed by atoms with E-state index >= 15 is 0 Å². The first-order valence-electron chi connectivity index (χ1n) is 8.65. The van der Waals surface area contributed by atoms with E-state index in [0.29, 0.717) is 24.6 Å². The molecular formula is C19H22N2O5S. The van der Waals surface area contributed by atoms with Crippen molar-refractivity contribution in [2.75, 3.05) is 25.0 Å². The average Bonchev–Trinajstić information content (AvgIpc) is 3.20. The second-order valence-corrected chi connectivity index (χ2v) is 7.86. The number of hydrogen-bond acceptors (Lipinski definition) is 5. The summed E-state index contributed by atoms with van der Waals surface area (Å²) >= 11 is 0. The first kappa shape index (κ1) is 19.2. The summed E-state index contributed by atoms with van der Waals surface area (Å²) in [6, 6.07) is 12.6. The Morgan fingerprint density at radius 2 is 2.04 bits per heavy atom. The summed E-state index contributed by atoms with van der Waals surface area (Å²) in [6.07, 6.45) is 1.92. The molecule has 0 bridgehead atoms. The molecule has 0 radical (unpaired) electrons. The second kappa shape index (κ2) is 8.41. The van der Waals surface area contributed by atoms with Crippen LogP contribution in [0.3, 0.4) is 0 Å². The van der Waals surface area contributed by atoms with Crippen LogP contribution in [0.15, 0.2) is 53.4 Å². The van der Waals surface area contributed by atoms with E-state index in [9.17, 15) is 13.2 Å². The Kier molecular flexibility index (Phi) is 5.98. The monoisotopic (exact) mass is 390 g/mol. The number of anilines is 1. The van der Waals surface area contributed by atoms with Crippen molar-refractivity contribution in [2.45, 2.75) is 23.8 Å². The van der Waals surface area contributed by atoms with Crippen LogP contribution < -0.4 is 14.8 Å². The van der Waals surface area contributed by atoms with Gasteiger partial charge in [0.15, 0.2) is 0 Å². The molecule has 1 unspecified atom stereocenters. The third kappa shape index (κ3) is 4.78. The van der Waals surface area contributed by atoms with Gasteiger partial charge >= 0.3 is 0 Å². The summed E-state index contributed by atoms with van der Waals surface area (Å²) < 4.78 is 38.5. The molecule has 2 N–H and O–H groups in total. The van der Waals surface area contributed by atoms with Gasteiger partial charge in [0.1, 0.15) is 5.75 Å². The van der Waals surface area contributed by atoms with Crippen LogP contribution in [0, 0.1) is 0 Å². The fourth-order valence-corrected chi connectivity index (χ4v) is 3.97. The number of benzene rings is 2. The van der Waals surface area contributed by atoms with Crippen LogP contribution in [0.25, 0.3) is 0 Å². The van der Waals surface area contributed by atoms with Gasteiger partial charge in [-0.2, -0.15) is 0 Å². The van der Waals surface area contributed by atoms with Gasteiger partial charge in [0, 0.05) is 18.7 Å². The van der Waals surface area contributed by atoms with Crippen LogP contribution in [-0.2, 0) is 14.8 Å². The molecule has 1 aliphatic heterocycles. The smallest absolute Gasteiger partial charge is 0.262 e. The molecule has 144 valence electrons. The highest BCUT2D eigenvalue weighted by Crippen LogP contribution is 2.26. The molecule has 1 aliphatic rings. The molecule has 1 amide bonds. The first-order chi connectivity index (χ1) is 13.0. The fraction of sp³-hybridized carbons (Fsp3) is 0.316. The SMILES string of the molecule is COc1ccccc1NS(=O)(=O)c1cccc(C(=O)NCC2CCCO2)c1. The Morgan fingerprint density at radius 3 is 2.78 bits per heavy atom. The zero-order chi connectivity index (χ0) is 19.3. The lowest BCUT2D eigenvalue weighted by molar-refractivity contribution is 0.0857. The van der Waals surface area contributed by atoms with Crippen LogP contribution in [0.2, 0.25) is 0 Å². The Balaban J connectivity index is 1.74. The number of rotatable bonds is 7. The van der Waals surface area contributed by atoms with Crippen LogP contribution in [0.1, 0.15) is 23.2 Å². The standard InChI is InChI=1S/C19H22N2O5S/c1-25-18-10-3-2-9-17(18)21-27(23,24)16-8-4-6-14(12-16)19(22)20-13-15-7-5-11-26-15/h2-4,6,8-10,12,15,21H,5,7,11,13H2,1H3,(H,20,22). The third-order valence-electron chi connectivity index (χ3n) is 4.27. The topological polar surface area (TPSA) is 93.7 Å². The van der Waals surface area contributed by atoms with Crippen molar-refractivity contribution in [3.05, 3.63) is 54.1 Å². The Morgan fingerprint density at radius 1 is 1.22 bits per heavy atom. The Hall–Kier alpha value is -2.58. The van der Waals surface area contributed by atoms with Gasteiger partial charge in [-0.1, -0.05) is 18.2 Å². The molecule has 1 saturated heterocycles. The summed E-state index contributed by atoms with van der Waals surface area (Å²) in [6.45, 7) is 1.12. The molecule has 7 nitrogen and oxygen atoms in total. The highest BCUT2D eigenvalue weighted by molar-refractivity contribution is 7.92. The van der Waals surface area contributed by atoms with Gasteiger partial charge in [-0.3, -0.25) is 9.52 Å². The number of amides is 1. The molecule has 2 aromatic rings. The summed E-state index contributed by atoms with van der Waals surface area (Å²) in [5, 5.41) is 2.79. The molecule has 0 aliphatic carbocycles. The Bertz CT molecular complexity index is 908. The number of sulfonamides is 1. The molecule has 0 saturated carbocycles. The number of hydrogen-bond donors (Lipinski definition) is 2. The highest BCUT2D eigenvalue weighted by atomic mass is 32.2. The summed E-state index contributed by atoms with van der Waals surface area (Å²) in [4.78, 5) is 12.3. The van der Waals surface area contributed by atoms with Gasteiger partial charge in [-0.15, -0.1) is 0 Å². The van der Waals surface area contributed by atoms with E-state index in [2.05, 4.69) is 10.0 Å². The number of para-hydroxylation sites is 2. The number of carbonyl (C=O) groups is 1. The number of nitrogens with one attached hydrogen (secondary N) is 2. The zero-order valence-electron chi connectivity index (χ0n) is 15.0. The molecular weight excluding hydrogens is 368 g/mol. The molecule has 0 spiro atoms. The average molecular weight is 390 g/mol. The zero-order valence-corrected chi connectivity index (χ0v) is 15.8. The number of carbonyl (C=O) groups excluding carboxylic acids is 1. The molecule has 27 heavy (non-hydrogen) atoms. The normalized spacial score (nSPS) is 16.7. The predicted molar refractivity (Wildman–Crippen MR) is 102 cm³/mol. The maximum Gasteiger partial charge on any atom is 0.262 e. The molecule has 0 aromatic heterocycles. The van der Waals surface area contributed by atoms with Gasteiger partial charge in [0.25, 0.3) is 15.9 Å². The fourth-order valence-electron chi connectivity index (χ4n) is 2.85. The second-order valence-electron chi connectivity index (χ2n) is 6.18. The van der Waals surface area contributed by atoms with Crippen LogP contribution in [0.5, 0.6) is 5.75 Å². The minimum Gasteiger partial charge on any atom is -0.495 e. The van der Waals surface area contributed by atoms with E-state index in [-0.39, 0.29) is 22.5 Å². The highest BCUT2D eigenvalue weighted by Gasteiger charge is 2.20. The van der Waals surface area contributed by atoms with Crippen molar-refractivity contribution >= 4 is 21.6 Å². The lowest BCUT2D eigenvalue weighted by atomic mass is 10.2. The lowest BCUT2D eigenvalue weighted by Crippen LogP contribution is -2.31. The summed E-state index contributed by atoms with van der Waals surface area (Å²) in [7, 11) is -2.40. The summed E-state index contributed by atoms with van der Waals surface area (Å²) in [5.41, 5.74) is 0.601. The van der Waals surface area contributed by atoms with Crippen LogP contribution >= 0.6 is 0 Å². The molecule has 2 aromatic carbocycles. The maximum atomic E-state index is 12.7. The van der Waals surface area contributed by atoms with Crippen molar-refractivity contribution in [1.82, 2.24) is 5.32 Å². The van der Waals surface area contributed by atoms with E-state index in [0.717, 1.165) is 12.8 Å². The van der Waals surface area contributed by atoms with Crippen LogP contribution in [-0.4, -0.2) is 40.7 Å². The van der Waals surface area contributed by atoms with Gasteiger partial charge in [0.2, 0.25) is 0 Å². The van der Waals surface area contributed by atoms with Crippen LogP contribution in [0.4, 0.5) is 5.69 Å². The van der Waals surface area contributed by atoms with Crippen molar-refractivity contribution in [3.8, 4) is 5.75 Å². The van der Waals surface area contributed by atoms with E-state index in [1.54, 1.807) is 30.3 Å². The molecule has 1 heterocycles. The van der Waals surface area contributed by atoms with Crippen molar-refractivity contribution < 1.29 is 22.7 Å². The largest absolute Gasteiger partial charge is 0.495 e. The van der Waals surface area contributed by atoms with Crippen molar-refractivity contribution in [1.29, 1.82) is 0 Å². The molecule has 1 fully saturated rings. The minimum atomic E-state index is -3.87. The third-order valence-corrected chi connectivity index (χ3v) is 5.64. The number of methoxy groups -OCH3 is 1. The van der Waals surface area contributed by atoms with Gasteiger partial charge in [-0.05, 0) is 43.2 Å². The maximum absolute atomic E-state index is 12.7. The summed E-state index contributed by atoms with van der Waals surface area (Å²) in [5.74, 6) is 0.0753. The lowest BCUT2D eigenvalue weighted by Gasteiger charge is -2.13. The van der Waals surface area contributed by atoms with E-state index < -0.39 is 10.0 Å². The van der Waals surface area contributed by atoms with Gasteiger partial charge in [0.05, 0.1) is 23.8 Å². The van der Waals surface area contributed by atoms with Crippen molar-refractivity contribution in [3.63, 3.8) is 0 Å². The molecule has 1 atom stereocenters. The quantitative estimate of drug-likeness (QED) is 0.757. The van der Waals surface area contributed by atoms with Gasteiger partial charge < -0.3 is 14.8 Å². The van der Waals surface area contributed by atoms with Crippen molar-refractivity contribution in [2.24, 2.45) is 0 Å². The van der Waals surface area contributed by atoms with E-state index in [4.69, 9.17) is 9.47 Å². The Labute approximate surface area is 158 Å². The van der Waals surface area contributed by atoms with E-state index in [1.807, 2.05) is 0 Å². The predicted octanol–water partition coefficient (Wildman–Crippen LogP) is 2.40. The number of ether oxygens (including phenoxy) is 2. The first-order valence-corrected chi connectivity index (χ1v) is 10.1. The van der Waals surface area contributed by atoms with Gasteiger partial charge in [-0.25, -0.2) is 8.42 Å².